The summed E-state index contributed by atoms with van der Waals surface area (Å²) in [5, 5.41) is 5.30. The minimum absolute atomic E-state index is 0.0986. The van der Waals surface area contributed by atoms with Crippen LogP contribution in [-0.2, 0) is 15.7 Å². The highest BCUT2D eigenvalue weighted by Gasteiger charge is 2.31. The molecule has 0 bridgehead atoms. The van der Waals surface area contributed by atoms with Crippen LogP contribution in [0.15, 0.2) is 66.7 Å². The average molecular weight is 442 g/mol. The summed E-state index contributed by atoms with van der Waals surface area (Å²) in [5.41, 5.74) is 1.05. The van der Waals surface area contributed by atoms with Gasteiger partial charge < -0.3 is 10.1 Å². The van der Waals surface area contributed by atoms with Gasteiger partial charge in [-0.2, -0.15) is 13.2 Å². The van der Waals surface area contributed by atoms with E-state index in [1.807, 2.05) is 54.3 Å². The molecule has 0 radical (unpaired) electrons. The summed E-state index contributed by atoms with van der Waals surface area (Å²) in [7, 11) is 0. The quantitative estimate of drug-likeness (QED) is 0.597. The van der Waals surface area contributed by atoms with Gasteiger partial charge in [0.2, 0.25) is 5.91 Å². The summed E-state index contributed by atoms with van der Waals surface area (Å²) < 4.78 is 44.1. The van der Waals surface area contributed by atoms with Gasteiger partial charge in [0.25, 0.3) is 0 Å². The SMILES string of the molecule is CC(NC(=O)CN1CCOC(c2ccc(C(F)(F)F)cc2)C1)c1cccc2ccccc12. The number of rotatable bonds is 5. The second-order valence-corrected chi connectivity index (χ2v) is 8.07. The lowest BCUT2D eigenvalue weighted by atomic mass is 10.00. The largest absolute Gasteiger partial charge is 0.416 e. The zero-order valence-corrected chi connectivity index (χ0v) is 17.7. The number of nitrogens with one attached hydrogen (secondary N) is 1. The first-order chi connectivity index (χ1) is 15.3. The van der Waals surface area contributed by atoms with Crippen molar-refractivity contribution in [2.75, 3.05) is 26.2 Å². The number of hydrogen-bond donors (Lipinski definition) is 1. The van der Waals surface area contributed by atoms with Crippen LogP contribution in [0.2, 0.25) is 0 Å². The van der Waals surface area contributed by atoms with Crippen LogP contribution in [0.25, 0.3) is 10.8 Å². The van der Waals surface area contributed by atoms with Gasteiger partial charge in [-0.25, -0.2) is 0 Å². The number of amides is 1. The molecule has 1 amide bonds. The van der Waals surface area contributed by atoms with Crippen molar-refractivity contribution in [1.82, 2.24) is 10.2 Å². The van der Waals surface area contributed by atoms with Gasteiger partial charge in [0.1, 0.15) is 0 Å². The fourth-order valence-electron chi connectivity index (χ4n) is 4.13. The Morgan fingerprint density at radius 1 is 1.09 bits per heavy atom. The van der Waals surface area contributed by atoms with E-state index in [0.29, 0.717) is 25.3 Å². The molecule has 4 nitrogen and oxygen atoms in total. The molecular weight excluding hydrogens is 417 g/mol. The predicted molar refractivity (Wildman–Crippen MR) is 117 cm³/mol. The molecule has 1 aliphatic heterocycles. The molecule has 32 heavy (non-hydrogen) atoms. The van der Waals surface area contributed by atoms with Gasteiger partial charge in [-0.3, -0.25) is 9.69 Å². The van der Waals surface area contributed by atoms with E-state index in [1.165, 1.54) is 12.1 Å². The van der Waals surface area contributed by atoms with E-state index >= 15 is 0 Å². The number of morpholine rings is 1. The van der Waals surface area contributed by atoms with E-state index in [1.54, 1.807) is 0 Å². The summed E-state index contributed by atoms with van der Waals surface area (Å²) >= 11 is 0. The van der Waals surface area contributed by atoms with Crippen LogP contribution >= 0.6 is 0 Å². The maximum atomic E-state index is 12.8. The van der Waals surface area contributed by atoms with Gasteiger partial charge in [-0.15, -0.1) is 0 Å². The number of fused-ring (bicyclic) bond motifs is 1. The molecule has 0 spiro atoms. The second-order valence-electron chi connectivity index (χ2n) is 8.07. The fraction of sp³-hybridized carbons (Fsp3) is 0.320. The van der Waals surface area contributed by atoms with Crippen molar-refractivity contribution in [3.63, 3.8) is 0 Å². The molecule has 4 rings (SSSR count). The summed E-state index contributed by atoms with van der Waals surface area (Å²) in [6.07, 6.45) is -4.73. The Kier molecular flexibility index (Phi) is 6.48. The van der Waals surface area contributed by atoms with Gasteiger partial charge in [-0.1, -0.05) is 54.6 Å². The van der Waals surface area contributed by atoms with Crippen LogP contribution in [0.4, 0.5) is 13.2 Å². The number of ether oxygens (including phenoxy) is 1. The van der Waals surface area contributed by atoms with Crippen molar-refractivity contribution in [2.45, 2.75) is 25.2 Å². The Hall–Kier alpha value is -2.90. The van der Waals surface area contributed by atoms with Crippen LogP contribution < -0.4 is 5.32 Å². The number of benzene rings is 3. The first kappa shape index (κ1) is 22.3. The molecule has 0 aromatic heterocycles. The van der Waals surface area contributed by atoms with Crippen LogP contribution in [0.1, 0.15) is 35.8 Å². The number of halogens is 3. The standard InChI is InChI=1S/C25H25F3N2O2/c1-17(21-8-4-6-18-5-2-3-7-22(18)21)29-24(31)16-30-13-14-32-23(15-30)19-9-11-20(12-10-19)25(26,27)28/h2-12,17,23H,13-16H2,1H3,(H,29,31). The lowest BCUT2D eigenvalue weighted by Gasteiger charge is -2.33. The van der Waals surface area contributed by atoms with Crippen molar-refractivity contribution in [1.29, 1.82) is 0 Å². The molecule has 0 aliphatic carbocycles. The Balaban J connectivity index is 1.37. The lowest BCUT2D eigenvalue weighted by Crippen LogP contribution is -2.44. The van der Waals surface area contributed by atoms with E-state index < -0.39 is 11.7 Å². The van der Waals surface area contributed by atoms with Crippen LogP contribution in [-0.4, -0.2) is 37.0 Å². The van der Waals surface area contributed by atoms with E-state index in [9.17, 15) is 18.0 Å². The molecular formula is C25H25F3N2O2. The molecule has 3 aromatic rings. The van der Waals surface area contributed by atoms with Gasteiger partial charge >= 0.3 is 6.18 Å². The summed E-state index contributed by atoms with van der Waals surface area (Å²) in [6, 6.07) is 19.0. The number of nitrogens with zero attached hydrogens (tertiary/aromatic N) is 1. The van der Waals surface area contributed by atoms with E-state index in [-0.39, 0.29) is 24.6 Å². The molecule has 168 valence electrons. The first-order valence-electron chi connectivity index (χ1n) is 10.6. The van der Waals surface area contributed by atoms with Gasteiger partial charge in [-0.05, 0) is 41.0 Å². The highest BCUT2D eigenvalue weighted by Crippen LogP contribution is 2.31. The molecule has 1 heterocycles. The summed E-state index contributed by atoms with van der Waals surface area (Å²) in [6.45, 7) is 3.62. The highest BCUT2D eigenvalue weighted by molar-refractivity contribution is 5.87. The Morgan fingerprint density at radius 2 is 1.81 bits per heavy atom. The van der Waals surface area contributed by atoms with Crippen molar-refractivity contribution >= 4 is 16.7 Å². The molecule has 7 heteroatoms. The normalized spacial score (nSPS) is 18.4. The summed E-state index contributed by atoms with van der Waals surface area (Å²) in [5.74, 6) is -0.0986. The van der Waals surface area contributed by atoms with Crippen LogP contribution in [0, 0.1) is 0 Å². The number of carbonyl (C=O) groups is 1. The monoisotopic (exact) mass is 442 g/mol. The van der Waals surface area contributed by atoms with Crippen LogP contribution in [0.3, 0.4) is 0 Å². The predicted octanol–water partition coefficient (Wildman–Crippen LogP) is 5.11. The van der Waals surface area contributed by atoms with Crippen molar-refractivity contribution < 1.29 is 22.7 Å². The van der Waals surface area contributed by atoms with Crippen molar-refractivity contribution in [2.24, 2.45) is 0 Å². The zero-order valence-electron chi connectivity index (χ0n) is 17.7. The molecule has 2 unspecified atom stereocenters. The highest BCUT2D eigenvalue weighted by atomic mass is 19.4. The fourth-order valence-corrected chi connectivity index (χ4v) is 4.13. The molecule has 1 N–H and O–H groups in total. The zero-order chi connectivity index (χ0) is 22.7. The first-order valence-corrected chi connectivity index (χ1v) is 10.6. The minimum Gasteiger partial charge on any atom is -0.371 e. The third kappa shape index (κ3) is 5.11. The van der Waals surface area contributed by atoms with E-state index in [2.05, 4.69) is 5.32 Å². The maximum absolute atomic E-state index is 12.8. The molecule has 0 saturated carbocycles. The molecule has 1 aliphatic rings. The smallest absolute Gasteiger partial charge is 0.371 e. The summed E-state index contributed by atoms with van der Waals surface area (Å²) in [4.78, 5) is 14.7. The third-order valence-corrected chi connectivity index (χ3v) is 5.79. The molecule has 1 saturated heterocycles. The van der Waals surface area contributed by atoms with Gasteiger partial charge in [0.15, 0.2) is 0 Å². The molecule has 2 atom stereocenters. The second kappa shape index (κ2) is 9.30. The topological polar surface area (TPSA) is 41.6 Å². The molecule has 3 aromatic carbocycles. The van der Waals surface area contributed by atoms with Gasteiger partial charge in [0.05, 0.1) is 30.9 Å². The number of hydrogen-bond acceptors (Lipinski definition) is 3. The Morgan fingerprint density at radius 3 is 2.56 bits per heavy atom. The van der Waals surface area contributed by atoms with Crippen LogP contribution in [0.5, 0.6) is 0 Å². The maximum Gasteiger partial charge on any atom is 0.416 e. The third-order valence-electron chi connectivity index (χ3n) is 5.79. The number of carbonyl (C=O) groups excluding carboxylic acids is 1. The Labute approximate surface area is 185 Å². The van der Waals surface area contributed by atoms with Crippen molar-refractivity contribution in [3.05, 3.63) is 83.4 Å². The number of alkyl halides is 3. The molecule has 1 fully saturated rings. The van der Waals surface area contributed by atoms with Gasteiger partial charge in [0, 0.05) is 13.1 Å². The van der Waals surface area contributed by atoms with E-state index in [0.717, 1.165) is 28.5 Å². The van der Waals surface area contributed by atoms with Crippen molar-refractivity contribution in [3.8, 4) is 0 Å². The minimum atomic E-state index is -4.36. The average Bonchev–Trinajstić information content (AvgIpc) is 2.78. The lowest BCUT2D eigenvalue weighted by molar-refractivity contribution is -0.137. The Bertz CT molecular complexity index is 1080. The van der Waals surface area contributed by atoms with E-state index in [4.69, 9.17) is 4.74 Å².